The van der Waals surface area contributed by atoms with Crippen molar-refractivity contribution < 1.29 is 14.5 Å². The number of halogens is 1. The molecule has 1 aromatic heterocycles. The van der Waals surface area contributed by atoms with Gasteiger partial charge in [-0.25, -0.2) is 0 Å². The molecule has 3 nitrogen and oxygen atoms in total. The quantitative estimate of drug-likeness (QED) is 0.495. The fourth-order valence-corrected chi connectivity index (χ4v) is 3.41. The number of nitrogens with two attached hydrogens (primary N) is 1. The molecule has 0 fully saturated rings. The van der Waals surface area contributed by atoms with Gasteiger partial charge in [-0.15, -0.1) is 0 Å². The number of hydrogen-bond donors (Lipinski definition) is 1. The smallest absolute Gasteiger partial charge is 0.157 e. The maximum absolute atomic E-state index is 6.27. The van der Waals surface area contributed by atoms with Gasteiger partial charge in [0.05, 0.1) is 11.8 Å². The highest BCUT2D eigenvalue weighted by molar-refractivity contribution is 6.31. The van der Waals surface area contributed by atoms with Gasteiger partial charge < -0.3 is 14.5 Å². The van der Waals surface area contributed by atoms with Crippen LogP contribution >= 0.6 is 11.6 Å². The van der Waals surface area contributed by atoms with E-state index in [-0.39, 0.29) is 0 Å². The van der Waals surface area contributed by atoms with Gasteiger partial charge in [-0.05, 0) is 35.0 Å². The van der Waals surface area contributed by atoms with E-state index in [1.807, 2.05) is 36.4 Å². The molecular weight excluding hydrogens is 358 g/mol. The van der Waals surface area contributed by atoms with Crippen molar-refractivity contribution in [3.05, 3.63) is 101 Å². The van der Waals surface area contributed by atoms with E-state index in [1.54, 1.807) is 6.26 Å². The highest BCUT2D eigenvalue weighted by atomic mass is 35.5. The summed E-state index contributed by atoms with van der Waals surface area (Å²) in [4.78, 5) is 0. The lowest BCUT2D eigenvalue weighted by Crippen LogP contribution is -2.80. The lowest BCUT2D eigenvalue weighted by molar-refractivity contribution is -0.687. The van der Waals surface area contributed by atoms with Crippen LogP contribution in [0.5, 0.6) is 5.75 Å². The van der Waals surface area contributed by atoms with Crippen LogP contribution in [0.25, 0.3) is 10.8 Å². The van der Waals surface area contributed by atoms with E-state index in [0.29, 0.717) is 6.61 Å². The van der Waals surface area contributed by atoms with Crippen LogP contribution < -0.4 is 10.1 Å². The Hall–Kier alpha value is -2.75. The van der Waals surface area contributed by atoms with Gasteiger partial charge in [0.2, 0.25) is 0 Å². The van der Waals surface area contributed by atoms with Crippen LogP contribution in [0.15, 0.2) is 83.5 Å². The van der Waals surface area contributed by atoms with E-state index in [0.717, 1.165) is 35.2 Å². The van der Waals surface area contributed by atoms with Crippen molar-refractivity contribution in [3.8, 4) is 5.75 Å². The maximum Gasteiger partial charge on any atom is 0.157 e. The third-order valence-corrected chi connectivity index (χ3v) is 4.98. The Balaban J connectivity index is 1.57. The standard InChI is InChI=1S/C23H20ClNO2/c24-22-10-4-2-7-18(22)16-27-23-12-11-17-6-1-3-9-20(17)21(23)15-25-14-19-8-5-13-26-19/h1-13,25H,14-16H2/p+1. The van der Waals surface area contributed by atoms with Crippen LogP contribution in [0.2, 0.25) is 5.02 Å². The first-order chi connectivity index (χ1) is 13.3. The van der Waals surface area contributed by atoms with E-state index in [1.165, 1.54) is 16.3 Å². The van der Waals surface area contributed by atoms with Crippen LogP contribution in [0.3, 0.4) is 0 Å². The Morgan fingerprint density at radius 3 is 2.56 bits per heavy atom. The van der Waals surface area contributed by atoms with Crippen molar-refractivity contribution in [3.63, 3.8) is 0 Å². The van der Waals surface area contributed by atoms with Crippen LogP contribution in [-0.2, 0) is 19.7 Å². The van der Waals surface area contributed by atoms with E-state index in [9.17, 15) is 0 Å². The molecule has 4 heteroatoms. The Bertz CT molecular complexity index is 1030. The summed E-state index contributed by atoms with van der Waals surface area (Å²) in [5.41, 5.74) is 2.17. The largest absolute Gasteiger partial charge is 0.488 e. The summed E-state index contributed by atoms with van der Waals surface area (Å²) in [6, 6.07) is 24.2. The number of quaternary nitrogens is 1. The molecule has 136 valence electrons. The predicted molar refractivity (Wildman–Crippen MR) is 108 cm³/mol. The molecule has 3 aromatic carbocycles. The molecular formula is C23H21ClNO2+. The maximum atomic E-state index is 6.27. The molecule has 27 heavy (non-hydrogen) atoms. The molecule has 0 saturated carbocycles. The van der Waals surface area contributed by atoms with Crippen LogP contribution in [-0.4, -0.2) is 0 Å². The Morgan fingerprint density at radius 2 is 1.70 bits per heavy atom. The molecule has 0 bridgehead atoms. The molecule has 0 spiro atoms. The molecule has 0 saturated heterocycles. The van der Waals surface area contributed by atoms with Crippen molar-refractivity contribution in [2.45, 2.75) is 19.7 Å². The fraction of sp³-hybridized carbons (Fsp3) is 0.130. The monoisotopic (exact) mass is 378 g/mol. The summed E-state index contributed by atoms with van der Waals surface area (Å²) in [6.45, 7) is 2.04. The van der Waals surface area contributed by atoms with Crippen molar-refractivity contribution >= 4 is 22.4 Å². The SMILES string of the molecule is Clc1ccccc1COc1ccc2ccccc2c1C[NH2+]Cc1ccco1. The van der Waals surface area contributed by atoms with Crippen molar-refractivity contribution in [2.75, 3.05) is 0 Å². The minimum absolute atomic E-state index is 0.448. The van der Waals surface area contributed by atoms with E-state index >= 15 is 0 Å². The molecule has 0 aliphatic carbocycles. The molecule has 4 aromatic rings. The fourth-order valence-electron chi connectivity index (χ4n) is 3.22. The van der Waals surface area contributed by atoms with Gasteiger partial charge in [-0.1, -0.05) is 60.1 Å². The Morgan fingerprint density at radius 1 is 0.852 bits per heavy atom. The second kappa shape index (κ2) is 8.30. The van der Waals surface area contributed by atoms with E-state index in [4.69, 9.17) is 20.8 Å². The van der Waals surface area contributed by atoms with Crippen molar-refractivity contribution in [1.82, 2.24) is 0 Å². The second-order valence-corrected chi connectivity index (χ2v) is 6.83. The summed E-state index contributed by atoms with van der Waals surface area (Å²) in [5, 5.41) is 5.38. The summed E-state index contributed by atoms with van der Waals surface area (Å²) < 4.78 is 11.6. The highest BCUT2D eigenvalue weighted by Crippen LogP contribution is 2.29. The molecule has 1 heterocycles. The molecule has 2 N–H and O–H groups in total. The number of fused-ring (bicyclic) bond motifs is 1. The molecule has 0 aliphatic heterocycles. The number of hydrogen-bond acceptors (Lipinski definition) is 2. The van der Waals surface area contributed by atoms with E-state index < -0.39 is 0 Å². The van der Waals surface area contributed by atoms with Gasteiger partial charge in [0.1, 0.15) is 25.4 Å². The second-order valence-electron chi connectivity index (χ2n) is 6.42. The average molecular weight is 379 g/mol. The van der Waals surface area contributed by atoms with Crippen LogP contribution in [0.1, 0.15) is 16.9 Å². The third-order valence-electron chi connectivity index (χ3n) is 4.61. The third kappa shape index (κ3) is 4.16. The number of benzene rings is 3. The summed E-state index contributed by atoms with van der Waals surface area (Å²) in [6.07, 6.45) is 1.71. The zero-order valence-corrected chi connectivity index (χ0v) is 15.7. The molecule has 0 aliphatic rings. The summed E-state index contributed by atoms with van der Waals surface area (Å²) in [7, 11) is 0. The van der Waals surface area contributed by atoms with Gasteiger partial charge in [0.25, 0.3) is 0 Å². The van der Waals surface area contributed by atoms with Crippen LogP contribution in [0, 0.1) is 0 Å². The van der Waals surface area contributed by atoms with Crippen molar-refractivity contribution in [1.29, 1.82) is 0 Å². The Labute approximate surface area is 163 Å². The topological polar surface area (TPSA) is 39.0 Å². The number of rotatable bonds is 7. The highest BCUT2D eigenvalue weighted by Gasteiger charge is 2.12. The first-order valence-electron chi connectivity index (χ1n) is 9.02. The molecule has 0 unspecified atom stereocenters. The first-order valence-corrected chi connectivity index (χ1v) is 9.40. The zero-order valence-electron chi connectivity index (χ0n) is 14.9. The van der Waals surface area contributed by atoms with Crippen LogP contribution in [0.4, 0.5) is 0 Å². The molecule has 0 amide bonds. The van der Waals surface area contributed by atoms with E-state index in [2.05, 4.69) is 41.7 Å². The lowest BCUT2D eigenvalue weighted by Gasteiger charge is -2.14. The van der Waals surface area contributed by atoms with Crippen molar-refractivity contribution in [2.24, 2.45) is 0 Å². The normalized spacial score (nSPS) is 11.0. The number of ether oxygens (including phenoxy) is 1. The molecule has 0 atom stereocenters. The minimum atomic E-state index is 0.448. The van der Waals surface area contributed by atoms with Gasteiger partial charge in [0, 0.05) is 10.6 Å². The Kier molecular flexibility index (Phi) is 5.42. The zero-order chi connectivity index (χ0) is 18.5. The first kappa shape index (κ1) is 17.7. The van der Waals surface area contributed by atoms with Gasteiger partial charge in [-0.2, -0.15) is 0 Å². The minimum Gasteiger partial charge on any atom is -0.488 e. The molecule has 4 rings (SSSR count). The number of furan rings is 1. The van der Waals surface area contributed by atoms with Gasteiger partial charge >= 0.3 is 0 Å². The average Bonchev–Trinajstić information content (AvgIpc) is 3.21. The summed E-state index contributed by atoms with van der Waals surface area (Å²) >= 11 is 6.27. The summed E-state index contributed by atoms with van der Waals surface area (Å²) in [5.74, 6) is 1.86. The lowest BCUT2D eigenvalue weighted by atomic mass is 10.0. The van der Waals surface area contributed by atoms with Gasteiger partial charge in [-0.3, -0.25) is 0 Å². The van der Waals surface area contributed by atoms with Gasteiger partial charge in [0.15, 0.2) is 5.76 Å². The predicted octanol–water partition coefficient (Wildman–Crippen LogP) is 4.93. The molecule has 0 radical (unpaired) electrons.